The molecule has 122 valence electrons. The quantitative estimate of drug-likeness (QED) is 0.837. The van der Waals surface area contributed by atoms with E-state index < -0.39 is 6.10 Å². The van der Waals surface area contributed by atoms with Crippen molar-refractivity contribution < 1.29 is 14.3 Å². The van der Waals surface area contributed by atoms with Crippen LogP contribution in [0.1, 0.15) is 19.4 Å². The molecule has 23 heavy (non-hydrogen) atoms. The number of benzene rings is 2. The van der Waals surface area contributed by atoms with E-state index in [0.717, 1.165) is 5.56 Å². The number of ether oxygens (including phenoxy) is 2. The largest absolute Gasteiger partial charge is 0.490 e. The van der Waals surface area contributed by atoms with Gasteiger partial charge in [-0.15, -0.1) is 0 Å². The minimum absolute atomic E-state index is 0.212. The summed E-state index contributed by atoms with van der Waals surface area (Å²) in [7, 11) is 0. The molecule has 0 aromatic heterocycles. The molecule has 5 heteroatoms. The van der Waals surface area contributed by atoms with Crippen LogP contribution >= 0.6 is 11.6 Å². The summed E-state index contributed by atoms with van der Waals surface area (Å²) in [6.45, 7) is 4.49. The van der Waals surface area contributed by atoms with Crippen LogP contribution in [0.15, 0.2) is 48.5 Å². The first kappa shape index (κ1) is 17.2. The highest BCUT2D eigenvalue weighted by Gasteiger charge is 2.16. The lowest BCUT2D eigenvalue weighted by Gasteiger charge is -2.17. The van der Waals surface area contributed by atoms with Crippen molar-refractivity contribution in [3.8, 4) is 11.5 Å². The summed E-state index contributed by atoms with van der Waals surface area (Å²) in [5, 5.41) is 3.45. The number of para-hydroxylation sites is 2. The topological polar surface area (TPSA) is 47.6 Å². The maximum Gasteiger partial charge on any atom is 0.261 e. The second kappa shape index (κ2) is 8.44. The molecule has 0 saturated carbocycles. The van der Waals surface area contributed by atoms with E-state index in [1.54, 1.807) is 19.1 Å². The van der Waals surface area contributed by atoms with E-state index in [9.17, 15) is 4.79 Å². The van der Waals surface area contributed by atoms with Gasteiger partial charge in [-0.1, -0.05) is 41.9 Å². The molecule has 4 nitrogen and oxygen atoms in total. The Labute approximate surface area is 141 Å². The molecule has 1 unspecified atom stereocenters. The van der Waals surface area contributed by atoms with Gasteiger partial charge in [-0.05, 0) is 37.6 Å². The van der Waals surface area contributed by atoms with Gasteiger partial charge < -0.3 is 14.8 Å². The van der Waals surface area contributed by atoms with Gasteiger partial charge in [0.15, 0.2) is 17.6 Å². The van der Waals surface area contributed by atoms with Crippen molar-refractivity contribution >= 4 is 17.5 Å². The highest BCUT2D eigenvalue weighted by Crippen LogP contribution is 2.27. The third-order valence-electron chi connectivity index (χ3n) is 3.23. The zero-order valence-corrected chi connectivity index (χ0v) is 14.0. The summed E-state index contributed by atoms with van der Waals surface area (Å²) < 4.78 is 11.2. The van der Waals surface area contributed by atoms with E-state index in [2.05, 4.69) is 5.32 Å². The molecule has 0 fully saturated rings. The average Bonchev–Trinajstić information content (AvgIpc) is 2.56. The van der Waals surface area contributed by atoms with Gasteiger partial charge in [-0.2, -0.15) is 0 Å². The molecular formula is C18H20ClNO3. The maximum absolute atomic E-state index is 12.2. The van der Waals surface area contributed by atoms with Crippen LogP contribution in [0, 0.1) is 0 Å². The molecule has 0 radical (unpaired) electrons. The normalized spacial score (nSPS) is 11.6. The maximum atomic E-state index is 12.2. The predicted molar refractivity (Wildman–Crippen MR) is 91.0 cm³/mol. The molecule has 2 rings (SSSR count). The zero-order valence-electron chi connectivity index (χ0n) is 13.2. The zero-order chi connectivity index (χ0) is 16.7. The summed E-state index contributed by atoms with van der Waals surface area (Å²) in [6.07, 6.45) is -0.640. The minimum Gasteiger partial charge on any atom is -0.490 e. The summed E-state index contributed by atoms with van der Waals surface area (Å²) in [4.78, 5) is 12.2. The standard InChI is InChI=1S/C18H20ClNO3/c1-3-22-16-10-6-7-11-17(16)23-13(2)18(21)20-12-14-8-4-5-9-15(14)19/h4-11,13H,3,12H2,1-2H3,(H,20,21). The van der Waals surface area contributed by atoms with Crippen molar-refractivity contribution in [2.24, 2.45) is 0 Å². The SMILES string of the molecule is CCOc1ccccc1OC(C)C(=O)NCc1ccccc1Cl. The van der Waals surface area contributed by atoms with Gasteiger partial charge >= 0.3 is 0 Å². The number of amides is 1. The Kier molecular flexibility index (Phi) is 6.29. The summed E-state index contributed by atoms with van der Waals surface area (Å²) >= 11 is 6.07. The fourth-order valence-corrected chi connectivity index (χ4v) is 2.24. The summed E-state index contributed by atoms with van der Waals surface area (Å²) in [5.41, 5.74) is 0.865. The second-order valence-corrected chi connectivity index (χ2v) is 5.36. The third-order valence-corrected chi connectivity index (χ3v) is 3.60. The van der Waals surface area contributed by atoms with Crippen LogP contribution in [-0.4, -0.2) is 18.6 Å². The Morgan fingerprint density at radius 1 is 1.13 bits per heavy atom. The van der Waals surface area contributed by atoms with Crippen LogP contribution in [0.2, 0.25) is 5.02 Å². The van der Waals surface area contributed by atoms with Crippen molar-refractivity contribution in [2.45, 2.75) is 26.5 Å². The van der Waals surface area contributed by atoms with Gasteiger partial charge in [0, 0.05) is 11.6 Å². The number of hydrogen-bond donors (Lipinski definition) is 1. The molecule has 0 spiro atoms. The lowest BCUT2D eigenvalue weighted by molar-refractivity contribution is -0.127. The molecule has 1 N–H and O–H groups in total. The second-order valence-electron chi connectivity index (χ2n) is 4.95. The summed E-state index contributed by atoms with van der Waals surface area (Å²) in [6, 6.07) is 14.7. The molecule has 0 bridgehead atoms. The van der Waals surface area contributed by atoms with Crippen molar-refractivity contribution in [3.05, 3.63) is 59.1 Å². The lowest BCUT2D eigenvalue weighted by atomic mass is 10.2. The first-order chi connectivity index (χ1) is 11.1. The van der Waals surface area contributed by atoms with Gasteiger partial charge in [-0.25, -0.2) is 0 Å². The number of nitrogens with one attached hydrogen (secondary N) is 1. The highest BCUT2D eigenvalue weighted by atomic mass is 35.5. The average molecular weight is 334 g/mol. The monoisotopic (exact) mass is 333 g/mol. The van der Waals surface area contributed by atoms with Crippen LogP contribution in [-0.2, 0) is 11.3 Å². The molecule has 0 aliphatic heterocycles. The first-order valence-electron chi connectivity index (χ1n) is 7.51. The van der Waals surface area contributed by atoms with E-state index in [0.29, 0.717) is 29.7 Å². The number of rotatable bonds is 7. The summed E-state index contributed by atoms with van der Waals surface area (Å²) in [5.74, 6) is 0.965. The number of halogens is 1. The molecular weight excluding hydrogens is 314 g/mol. The number of carbonyl (C=O) groups excluding carboxylic acids is 1. The van der Waals surface area contributed by atoms with Crippen molar-refractivity contribution in [2.75, 3.05) is 6.61 Å². The van der Waals surface area contributed by atoms with E-state index in [-0.39, 0.29) is 5.91 Å². The Hall–Kier alpha value is -2.20. The Bertz CT molecular complexity index is 660. The molecule has 1 amide bonds. The van der Waals surface area contributed by atoms with Gasteiger partial charge in [0.1, 0.15) is 0 Å². The fourth-order valence-electron chi connectivity index (χ4n) is 2.03. The van der Waals surface area contributed by atoms with Crippen LogP contribution in [0.5, 0.6) is 11.5 Å². The van der Waals surface area contributed by atoms with Gasteiger partial charge in [-0.3, -0.25) is 4.79 Å². The van der Waals surface area contributed by atoms with Crippen molar-refractivity contribution in [1.82, 2.24) is 5.32 Å². The van der Waals surface area contributed by atoms with Gasteiger partial charge in [0.25, 0.3) is 5.91 Å². The highest BCUT2D eigenvalue weighted by molar-refractivity contribution is 6.31. The minimum atomic E-state index is -0.640. The first-order valence-corrected chi connectivity index (χ1v) is 7.89. The molecule has 2 aromatic carbocycles. The van der Waals surface area contributed by atoms with E-state index >= 15 is 0 Å². The molecule has 0 aliphatic rings. The van der Waals surface area contributed by atoms with Crippen LogP contribution in [0.3, 0.4) is 0 Å². The van der Waals surface area contributed by atoms with Crippen LogP contribution in [0.4, 0.5) is 0 Å². The third kappa shape index (κ3) is 4.89. The fraction of sp³-hybridized carbons (Fsp3) is 0.278. The lowest BCUT2D eigenvalue weighted by Crippen LogP contribution is -2.36. The predicted octanol–water partition coefficient (Wildman–Crippen LogP) is 3.82. The van der Waals surface area contributed by atoms with Crippen molar-refractivity contribution in [1.29, 1.82) is 0 Å². The number of carbonyl (C=O) groups is 1. The van der Waals surface area contributed by atoms with E-state index in [4.69, 9.17) is 21.1 Å². The van der Waals surface area contributed by atoms with Crippen LogP contribution < -0.4 is 14.8 Å². The Morgan fingerprint density at radius 3 is 2.48 bits per heavy atom. The van der Waals surface area contributed by atoms with Crippen LogP contribution in [0.25, 0.3) is 0 Å². The number of hydrogen-bond acceptors (Lipinski definition) is 3. The van der Waals surface area contributed by atoms with Gasteiger partial charge in [0.05, 0.1) is 6.61 Å². The van der Waals surface area contributed by atoms with Crippen molar-refractivity contribution in [3.63, 3.8) is 0 Å². The molecule has 0 aliphatic carbocycles. The molecule has 1 atom stereocenters. The molecule has 0 heterocycles. The molecule has 2 aromatic rings. The van der Waals surface area contributed by atoms with E-state index in [1.807, 2.05) is 43.3 Å². The smallest absolute Gasteiger partial charge is 0.261 e. The Morgan fingerprint density at radius 2 is 1.78 bits per heavy atom. The van der Waals surface area contributed by atoms with Gasteiger partial charge in [0.2, 0.25) is 0 Å². The van der Waals surface area contributed by atoms with E-state index in [1.165, 1.54) is 0 Å². The molecule has 0 saturated heterocycles. The Balaban J connectivity index is 1.94.